The van der Waals surface area contributed by atoms with Crippen LogP contribution in [0.15, 0.2) is 23.2 Å². The third-order valence-electron chi connectivity index (χ3n) is 2.96. The SMILES string of the molecule is CN(C)CCCCNCc1cnc2cnc(Br)cn12. The van der Waals surface area contributed by atoms with E-state index < -0.39 is 0 Å². The van der Waals surface area contributed by atoms with Crippen molar-refractivity contribution in [1.29, 1.82) is 0 Å². The number of hydrogen-bond donors (Lipinski definition) is 1. The predicted octanol–water partition coefficient (Wildman–Crippen LogP) is 1.92. The number of fused-ring (bicyclic) bond motifs is 1. The maximum absolute atomic E-state index is 4.33. The Labute approximate surface area is 122 Å². The lowest BCUT2D eigenvalue weighted by atomic mass is 10.3. The lowest BCUT2D eigenvalue weighted by Crippen LogP contribution is -2.18. The number of unbranched alkanes of at least 4 members (excludes halogenated alkanes) is 1. The third-order valence-corrected chi connectivity index (χ3v) is 3.37. The van der Waals surface area contributed by atoms with Gasteiger partial charge in [0.15, 0.2) is 5.65 Å². The molecule has 19 heavy (non-hydrogen) atoms. The van der Waals surface area contributed by atoms with Crippen molar-refractivity contribution >= 4 is 21.6 Å². The van der Waals surface area contributed by atoms with Crippen molar-refractivity contribution in [1.82, 2.24) is 24.6 Å². The zero-order chi connectivity index (χ0) is 13.7. The smallest absolute Gasteiger partial charge is 0.155 e. The van der Waals surface area contributed by atoms with Crippen LogP contribution >= 0.6 is 15.9 Å². The summed E-state index contributed by atoms with van der Waals surface area (Å²) in [5, 5.41) is 3.46. The van der Waals surface area contributed by atoms with Gasteiger partial charge in [-0.05, 0) is 56.0 Å². The molecule has 0 bridgehead atoms. The Morgan fingerprint density at radius 3 is 2.89 bits per heavy atom. The van der Waals surface area contributed by atoms with Crippen LogP contribution in [0.5, 0.6) is 0 Å². The van der Waals surface area contributed by atoms with Gasteiger partial charge in [0.2, 0.25) is 0 Å². The topological polar surface area (TPSA) is 45.5 Å². The lowest BCUT2D eigenvalue weighted by Gasteiger charge is -2.09. The number of nitrogens with zero attached hydrogens (tertiary/aromatic N) is 4. The average molecular weight is 326 g/mol. The minimum atomic E-state index is 0.824. The van der Waals surface area contributed by atoms with E-state index in [1.54, 1.807) is 6.20 Å². The van der Waals surface area contributed by atoms with Gasteiger partial charge in [-0.3, -0.25) is 4.40 Å². The monoisotopic (exact) mass is 325 g/mol. The highest BCUT2D eigenvalue weighted by Gasteiger charge is 2.03. The van der Waals surface area contributed by atoms with Crippen molar-refractivity contribution in [2.24, 2.45) is 0 Å². The molecule has 2 rings (SSSR count). The summed E-state index contributed by atoms with van der Waals surface area (Å²) in [4.78, 5) is 10.7. The first-order valence-electron chi connectivity index (χ1n) is 6.50. The Kier molecular flexibility index (Phi) is 5.30. The molecule has 0 saturated carbocycles. The quantitative estimate of drug-likeness (QED) is 0.790. The van der Waals surface area contributed by atoms with Gasteiger partial charge >= 0.3 is 0 Å². The van der Waals surface area contributed by atoms with Crippen molar-refractivity contribution in [3.63, 3.8) is 0 Å². The van der Waals surface area contributed by atoms with Gasteiger partial charge in [0.05, 0.1) is 18.1 Å². The van der Waals surface area contributed by atoms with Gasteiger partial charge in [0, 0.05) is 12.7 Å². The number of aromatic nitrogens is 3. The summed E-state index contributed by atoms with van der Waals surface area (Å²) in [7, 11) is 4.22. The largest absolute Gasteiger partial charge is 0.311 e. The molecule has 0 amide bonds. The van der Waals surface area contributed by atoms with Crippen molar-refractivity contribution in [3.8, 4) is 0 Å². The highest BCUT2D eigenvalue weighted by Crippen LogP contribution is 2.10. The lowest BCUT2D eigenvalue weighted by molar-refractivity contribution is 0.391. The van der Waals surface area contributed by atoms with Crippen LogP contribution in [-0.4, -0.2) is 46.5 Å². The molecule has 0 fully saturated rings. The summed E-state index contributed by atoms with van der Waals surface area (Å²) >= 11 is 3.38. The van der Waals surface area contributed by atoms with E-state index in [-0.39, 0.29) is 0 Å². The summed E-state index contributed by atoms with van der Waals surface area (Å²) < 4.78 is 2.88. The van der Waals surface area contributed by atoms with Crippen molar-refractivity contribution in [2.45, 2.75) is 19.4 Å². The summed E-state index contributed by atoms with van der Waals surface area (Å²) in [6.07, 6.45) is 8.04. The Balaban J connectivity index is 1.80. The second-order valence-electron chi connectivity index (χ2n) is 4.87. The van der Waals surface area contributed by atoms with E-state index in [1.165, 1.54) is 12.8 Å². The fourth-order valence-electron chi connectivity index (χ4n) is 1.94. The van der Waals surface area contributed by atoms with E-state index in [0.29, 0.717) is 0 Å². The molecule has 0 atom stereocenters. The number of nitrogens with one attached hydrogen (secondary N) is 1. The zero-order valence-corrected chi connectivity index (χ0v) is 13.0. The second kappa shape index (κ2) is 6.98. The molecule has 6 heteroatoms. The minimum absolute atomic E-state index is 0.824. The van der Waals surface area contributed by atoms with Gasteiger partial charge in [0.25, 0.3) is 0 Å². The second-order valence-corrected chi connectivity index (χ2v) is 5.69. The molecule has 0 unspecified atom stereocenters. The zero-order valence-electron chi connectivity index (χ0n) is 11.4. The summed E-state index contributed by atoms with van der Waals surface area (Å²) in [5.74, 6) is 0. The molecule has 2 aromatic heterocycles. The summed E-state index contributed by atoms with van der Waals surface area (Å²) in [6.45, 7) is 3.02. The molecule has 0 radical (unpaired) electrons. The maximum Gasteiger partial charge on any atom is 0.155 e. The predicted molar refractivity (Wildman–Crippen MR) is 80.2 cm³/mol. The Morgan fingerprint density at radius 1 is 1.26 bits per heavy atom. The van der Waals surface area contributed by atoms with Gasteiger partial charge in [-0.25, -0.2) is 9.97 Å². The fourth-order valence-corrected chi connectivity index (χ4v) is 2.25. The first-order valence-corrected chi connectivity index (χ1v) is 7.29. The Bertz CT molecular complexity index is 523. The molecule has 2 heterocycles. The molecule has 0 aliphatic heterocycles. The molecule has 5 nitrogen and oxygen atoms in total. The van der Waals surface area contributed by atoms with Gasteiger partial charge in [0.1, 0.15) is 4.60 Å². The molecule has 2 aromatic rings. The first-order chi connectivity index (χ1) is 9.16. The van der Waals surface area contributed by atoms with Crippen molar-refractivity contribution in [3.05, 3.63) is 28.9 Å². The van der Waals surface area contributed by atoms with Gasteiger partial charge < -0.3 is 10.2 Å². The summed E-state index contributed by atoms with van der Waals surface area (Å²) in [6, 6.07) is 0. The van der Waals surface area contributed by atoms with E-state index in [2.05, 4.69) is 54.6 Å². The van der Waals surface area contributed by atoms with Crippen LogP contribution in [0.25, 0.3) is 5.65 Å². The van der Waals surface area contributed by atoms with E-state index in [4.69, 9.17) is 0 Å². The van der Waals surface area contributed by atoms with E-state index in [9.17, 15) is 0 Å². The standard InChI is InChI=1S/C13H20BrN5/c1-18(2)6-4-3-5-15-7-11-8-17-13-9-16-12(14)10-19(11)13/h8-10,15H,3-7H2,1-2H3. The number of imidazole rings is 1. The highest BCUT2D eigenvalue weighted by atomic mass is 79.9. The molecule has 0 aromatic carbocycles. The fraction of sp³-hybridized carbons (Fsp3) is 0.538. The maximum atomic E-state index is 4.33. The van der Waals surface area contributed by atoms with Crippen LogP contribution in [0, 0.1) is 0 Å². The highest BCUT2D eigenvalue weighted by molar-refractivity contribution is 9.10. The van der Waals surface area contributed by atoms with Crippen LogP contribution in [0.4, 0.5) is 0 Å². The van der Waals surface area contributed by atoms with Crippen LogP contribution in [0.3, 0.4) is 0 Å². The third kappa shape index (κ3) is 4.26. The van der Waals surface area contributed by atoms with E-state index >= 15 is 0 Å². The van der Waals surface area contributed by atoms with Gasteiger partial charge in [-0.1, -0.05) is 0 Å². The van der Waals surface area contributed by atoms with E-state index in [0.717, 1.165) is 35.6 Å². The molecule has 0 aliphatic carbocycles. The normalized spacial score (nSPS) is 11.6. The molecule has 0 aliphatic rings. The average Bonchev–Trinajstić information content (AvgIpc) is 2.76. The molecular weight excluding hydrogens is 306 g/mol. The van der Waals surface area contributed by atoms with Crippen LogP contribution in [-0.2, 0) is 6.54 Å². The van der Waals surface area contributed by atoms with Crippen LogP contribution in [0.2, 0.25) is 0 Å². The minimum Gasteiger partial charge on any atom is -0.311 e. The van der Waals surface area contributed by atoms with Crippen LogP contribution in [0.1, 0.15) is 18.5 Å². The molecule has 0 spiro atoms. The number of rotatable bonds is 7. The Morgan fingerprint density at radius 2 is 2.11 bits per heavy atom. The van der Waals surface area contributed by atoms with Crippen LogP contribution < -0.4 is 5.32 Å². The van der Waals surface area contributed by atoms with Crippen molar-refractivity contribution < 1.29 is 0 Å². The number of hydrogen-bond acceptors (Lipinski definition) is 4. The van der Waals surface area contributed by atoms with Gasteiger partial charge in [-0.15, -0.1) is 0 Å². The van der Waals surface area contributed by atoms with E-state index in [1.807, 2.05) is 12.4 Å². The number of halogens is 1. The Hall–Kier alpha value is -0.980. The molecule has 1 N–H and O–H groups in total. The van der Waals surface area contributed by atoms with Gasteiger partial charge in [-0.2, -0.15) is 0 Å². The molecule has 104 valence electrons. The first kappa shape index (κ1) is 14.4. The molecular formula is C13H20BrN5. The summed E-state index contributed by atoms with van der Waals surface area (Å²) in [5.41, 5.74) is 2.04. The van der Waals surface area contributed by atoms with Crippen molar-refractivity contribution in [2.75, 3.05) is 27.2 Å². The molecule has 0 saturated heterocycles.